The summed E-state index contributed by atoms with van der Waals surface area (Å²) >= 11 is 0. The van der Waals surface area contributed by atoms with Crippen LogP contribution in [0.3, 0.4) is 0 Å². The molecule has 1 saturated carbocycles. The van der Waals surface area contributed by atoms with E-state index < -0.39 is 0 Å². The molecule has 1 aromatic rings. The van der Waals surface area contributed by atoms with Crippen LogP contribution in [0.1, 0.15) is 19.3 Å². The Kier molecular flexibility index (Phi) is 4.73. The maximum absolute atomic E-state index is 11.9. The Morgan fingerprint density at radius 1 is 1.33 bits per heavy atom. The first kappa shape index (κ1) is 13.1. The first-order valence-corrected chi connectivity index (χ1v) is 6.49. The fourth-order valence-electron chi connectivity index (χ4n) is 2.18. The highest BCUT2D eigenvalue weighted by molar-refractivity contribution is 5.92. The van der Waals surface area contributed by atoms with Gasteiger partial charge in [0.05, 0.1) is 13.2 Å². The third kappa shape index (κ3) is 3.55. The van der Waals surface area contributed by atoms with Gasteiger partial charge in [0.25, 0.3) is 0 Å². The molecule has 1 aromatic carbocycles. The molecule has 0 atom stereocenters. The lowest BCUT2D eigenvalue weighted by Crippen LogP contribution is -2.45. The van der Waals surface area contributed by atoms with E-state index >= 15 is 0 Å². The smallest absolute Gasteiger partial charge is 0.238 e. The van der Waals surface area contributed by atoms with Crippen LogP contribution in [-0.2, 0) is 4.79 Å². The molecule has 1 aliphatic carbocycles. The van der Waals surface area contributed by atoms with Gasteiger partial charge in [-0.05, 0) is 25.0 Å². The van der Waals surface area contributed by atoms with Crippen LogP contribution >= 0.6 is 0 Å². The third-order valence-corrected chi connectivity index (χ3v) is 3.38. The van der Waals surface area contributed by atoms with Gasteiger partial charge in [0.15, 0.2) is 0 Å². The van der Waals surface area contributed by atoms with Crippen molar-refractivity contribution in [3.63, 3.8) is 0 Å². The standard InChI is InChI=1S/C14H20N2O2/c17-10-9-16(13-7-4-8-13)11-14(18)15-12-5-2-1-3-6-12/h1-3,5-6,13,17H,4,7-11H2,(H,15,18). The zero-order valence-corrected chi connectivity index (χ0v) is 10.5. The number of para-hydroxylation sites is 1. The molecule has 0 aromatic heterocycles. The van der Waals surface area contributed by atoms with Crippen LogP contribution in [0.25, 0.3) is 0 Å². The molecule has 0 saturated heterocycles. The maximum Gasteiger partial charge on any atom is 0.238 e. The van der Waals surface area contributed by atoms with Gasteiger partial charge in [-0.1, -0.05) is 24.6 Å². The molecular weight excluding hydrogens is 228 g/mol. The fourth-order valence-corrected chi connectivity index (χ4v) is 2.18. The number of aliphatic hydroxyl groups is 1. The summed E-state index contributed by atoms with van der Waals surface area (Å²) in [6.07, 6.45) is 3.50. The Labute approximate surface area is 108 Å². The molecule has 1 amide bonds. The lowest BCUT2D eigenvalue weighted by atomic mass is 9.91. The number of amides is 1. The normalized spacial score (nSPS) is 15.4. The van der Waals surface area contributed by atoms with Crippen molar-refractivity contribution in [3.05, 3.63) is 30.3 Å². The zero-order valence-electron chi connectivity index (χ0n) is 10.5. The van der Waals surface area contributed by atoms with E-state index in [1.165, 1.54) is 6.42 Å². The van der Waals surface area contributed by atoms with Crippen LogP contribution < -0.4 is 5.32 Å². The Hall–Kier alpha value is -1.39. The molecule has 4 nitrogen and oxygen atoms in total. The minimum absolute atomic E-state index is 0.0125. The highest BCUT2D eigenvalue weighted by Crippen LogP contribution is 2.24. The Morgan fingerprint density at radius 3 is 2.61 bits per heavy atom. The van der Waals surface area contributed by atoms with Gasteiger partial charge in [-0.3, -0.25) is 9.69 Å². The molecule has 0 heterocycles. The van der Waals surface area contributed by atoms with Crippen molar-refractivity contribution in [2.24, 2.45) is 0 Å². The number of carbonyl (C=O) groups excluding carboxylic acids is 1. The van der Waals surface area contributed by atoms with E-state index in [-0.39, 0.29) is 12.5 Å². The zero-order chi connectivity index (χ0) is 12.8. The predicted molar refractivity (Wildman–Crippen MR) is 71.4 cm³/mol. The number of hydrogen-bond donors (Lipinski definition) is 2. The monoisotopic (exact) mass is 248 g/mol. The number of carbonyl (C=O) groups is 1. The van der Waals surface area contributed by atoms with Gasteiger partial charge in [-0.15, -0.1) is 0 Å². The second kappa shape index (κ2) is 6.52. The lowest BCUT2D eigenvalue weighted by molar-refractivity contribution is -0.118. The van der Waals surface area contributed by atoms with E-state index in [9.17, 15) is 4.79 Å². The number of benzene rings is 1. The summed E-state index contributed by atoms with van der Waals surface area (Å²) in [5.74, 6) is -0.0125. The van der Waals surface area contributed by atoms with Crippen LogP contribution in [0.5, 0.6) is 0 Å². The number of aliphatic hydroxyl groups excluding tert-OH is 1. The van der Waals surface area contributed by atoms with E-state index in [4.69, 9.17) is 5.11 Å². The Bertz CT molecular complexity index is 377. The summed E-state index contributed by atoms with van der Waals surface area (Å²) in [5.41, 5.74) is 0.819. The minimum Gasteiger partial charge on any atom is -0.395 e. The van der Waals surface area contributed by atoms with Crippen LogP contribution in [-0.4, -0.2) is 41.7 Å². The molecule has 0 radical (unpaired) electrons. The summed E-state index contributed by atoms with van der Waals surface area (Å²) in [6.45, 7) is 1.04. The van der Waals surface area contributed by atoms with Crippen molar-refractivity contribution < 1.29 is 9.90 Å². The van der Waals surface area contributed by atoms with Gasteiger partial charge in [-0.25, -0.2) is 0 Å². The maximum atomic E-state index is 11.9. The van der Waals surface area contributed by atoms with E-state index in [0.717, 1.165) is 18.5 Å². The molecule has 0 unspecified atom stereocenters. The summed E-state index contributed by atoms with van der Waals surface area (Å²) in [6, 6.07) is 9.93. The molecule has 98 valence electrons. The average molecular weight is 248 g/mol. The van der Waals surface area contributed by atoms with Crippen molar-refractivity contribution in [3.8, 4) is 0 Å². The molecule has 0 spiro atoms. The molecular formula is C14H20N2O2. The predicted octanol–water partition coefficient (Wildman–Crippen LogP) is 1.47. The Morgan fingerprint density at radius 2 is 2.06 bits per heavy atom. The van der Waals surface area contributed by atoms with Crippen molar-refractivity contribution in [1.82, 2.24) is 4.90 Å². The summed E-state index contributed by atoms with van der Waals surface area (Å²) in [7, 11) is 0. The van der Waals surface area contributed by atoms with E-state index in [2.05, 4.69) is 10.2 Å². The Balaban J connectivity index is 1.84. The van der Waals surface area contributed by atoms with Crippen LogP contribution in [0, 0.1) is 0 Å². The minimum atomic E-state index is -0.0125. The second-order valence-electron chi connectivity index (χ2n) is 4.69. The highest BCUT2D eigenvalue weighted by atomic mass is 16.3. The van der Waals surface area contributed by atoms with Gasteiger partial charge in [-0.2, -0.15) is 0 Å². The number of nitrogens with one attached hydrogen (secondary N) is 1. The number of nitrogens with zero attached hydrogens (tertiary/aromatic N) is 1. The third-order valence-electron chi connectivity index (χ3n) is 3.38. The van der Waals surface area contributed by atoms with Crippen molar-refractivity contribution in [2.45, 2.75) is 25.3 Å². The largest absolute Gasteiger partial charge is 0.395 e. The number of hydrogen-bond acceptors (Lipinski definition) is 3. The highest BCUT2D eigenvalue weighted by Gasteiger charge is 2.25. The van der Waals surface area contributed by atoms with Crippen LogP contribution in [0.15, 0.2) is 30.3 Å². The molecule has 0 bridgehead atoms. The van der Waals surface area contributed by atoms with E-state index in [1.807, 2.05) is 30.3 Å². The molecule has 1 fully saturated rings. The summed E-state index contributed by atoms with van der Waals surface area (Å²) < 4.78 is 0. The van der Waals surface area contributed by atoms with Crippen molar-refractivity contribution >= 4 is 11.6 Å². The second-order valence-corrected chi connectivity index (χ2v) is 4.69. The number of anilines is 1. The van der Waals surface area contributed by atoms with Crippen molar-refractivity contribution in [1.29, 1.82) is 0 Å². The fraction of sp³-hybridized carbons (Fsp3) is 0.500. The van der Waals surface area contributed by atoms with Gasteiger partial charge < -0.3 is 10.4 Å². The van der Waals surface area contributed by atoms with E-state index in [0.29, 0.717) is 19.1 Å². The summed E-state index contributed by atoms with van der Waals surface area (Å²) in [5, 5.41) is 11.9. The molecule has 18 heavy (non-hydrogen) atoms. The quantitative estimate of drug-likeness (QED) is 0.801. The first-order chi connectivity index (χ1) is 8.79. The SMILES string of the molecule is O=C(CN(CCO)C1CCC1)Nc1ccccc1. The van der Waals surface area contributed by atoms with Gasteiger partial charge in [0, 0.05) is 18.3 Å². The van der Waals surface area contributed by atoms with Gasteiger partial charge in [0.2, 0.25) is 5.91 Å². The van der Waals surface area contributed by atoms with E-state index in [1.54, 1.807) is 0 Å². The first-order valence-electron chi connectivity index (χ1n) is 6.49. The number of rotatable bonds is 6. The summed E-state index contributed by atoms with van der Waals surface area (Å²) in [4.78, 5) is 14.0. The molecule has 2 rings (SSSR count). The molecule has 1 aliphatic rings. The van der Waals surface area contributed by atoms with Crippen LogP contribution in [0.4, 0.5) is 5.69 Å². The lowest BCUT2D eigenvalue weighted by Gasteiger charge is -2.36. The van der Waals surface area contributed by atoms with Gasteiger partial charge in [0.1, 0.15) is 0 Å². The molecule has 0 aliphatic heterocycles. The molecule has 2 N–H and O–H groups in total. The molecule has 4 heteroatoms. The van der Waals surface area contributed by atoms with Crippen LogP contribution in [0.2, 0.25) is 0 Å². The van der Waals surface area contributed by atoms with Gasteiger partial charge >= 0.3 is 0 Å². The van der Waals surface area contributed by atoms with Crippen molar-refractivity contribution in [2.75, 3.05) is 25.0 Å². The topological polar surface area (TPSA) is 52.6 Å². The average Bonchev–Trinajstić information content (AvgIpc) is 2.28.